The quantitative estimate of drug-likeness (QED) is 0.342. The normalized spacial score (nSPS) is 11.0. The molecule has 34 heavy (non-hydrogen) atoms. The van der Waals surface area contributed by atoms with Crippen molar-refractivity contribution in [2.45, 2.75) is 41.2 Å². The molecule has 178 valence electrons. The highest BCUT2D eigenvalue weighted by Gasteiger charge is 2.21. The number of ether oxygens (including phenoxy) is 3. The van der Waals surface area contributed by atoms with Crippen LogP contribution in [0.1, 0.15) is 36.5 Å². The van der Waals surface area contributed by atoms with Crippen LogP contribution in [0.2, 0.25) is 0 Å². The zero-order chi connectivity index (χ0) is 24.2. The van der Waals surface area contributed by atoms with Gasteiger partial charge in [-0.25, -0.2) is 0 Å². The minimum absolute atomic E-state index is 0.582. The lowest BCUT2D eigenvalue weighted by Gasteiger charge is -2.15. The SMILES string of the molecule is CCOc1ccc(-n2c(C)c3c(C)nnc(NCc4ccccc4OCC)c3c2C)c(OC)c1. The summed E-state index contributed by atoms with van der Waals surface area (Å²) >= 11 is 0. The van der Waals surface area contributed by atoms with E-state index in [1.54, 1.807) is 7.11 Å². The van der Waals surface area contributed by atoms with Gasteiger partial charge in [-0.1, -0.05) is 18.2 Å². The van der Waals surface area contributed by atoms with Gasteiger partial charge in [-0.15, -0.1) is 5.10 Å². The lowest BCUT2D eigenvalue weighted by molar-refractivity contribution is 0.336. The van der Waals surface area contributed by atoms with E-state index in [1.807, 2.05) is 57.2 Å². The van der Waals surface area contributed by atoms with Crippen LogP contribution in [0.5, 0.6) is 17.2 Å². The number of para-hydroxylation sites is 1. The summed E-state index contributed by atoms with van der Waals surface area (Å²) in [7, 11) is 1.68. The topological polar surface area (TPSA) is 70.4 Å². The summed E-state index contributed by atoms with van der Waals surface area (Å²) < 4.78 is 19.4. The zero-order valence-corrected chi connectivity index (χ0v) is 20.7. The van der Waals surface area contributed by atoms with E-state index in [2.05, 4.69) is 40.0 Å². The molecule has 4 aromatic rings. The number of aromatic nitrogens is 3. The predicted octanol–water partition coefficient (Wildman–Crippen LogP) is 5.76. The van der Waals surface area contributed by atoms with E-state index in [0.29, 0.717) is 19.8 Å². The number of hydrogen-bond acceptors (Lipinski definition) is 6. The smallest absolute Gasteiger partial charge is 0.158 e. The van der Waals surface area contributed by atoms with Crippen LogP contribution in [0.15, 0.2) is 42.5 Å². The number of rotatable bonds is 9. The molecule has 0 amide bonds. The molecule has 4 rings (SSSR count). The molecule has 1 N–H and O–H groups in total. The maximum atomic E-state index is 5.79. The molecule has 2 aromatic carbocycles. The monoisotopic (exact) mass is 460 g/mol. The molecule has 0 unspecified atom stereocenters. The summed E-state index contributed by atoms with van der Waals surface area (Å²) in [5, 5.41) is 14.6. The number of aryl methyl sites for hydroxylation is 3. The van der Waals surface area contributed by atoms with Crippen molar-refractivity contribution in [1.82, 2.24) is 14.8 Å². The summed E-state index contributed by atoms with van der Waals surface area (Å²) in [6.07, 6.45) is 0. The number of nitrogens with zero attached hydrogens (tertiary/aromatic N) is 3. The van der Waals surface area contributed by atoms with E-state index < -0.39 is 0 Å². The van der Waals surface area contributed by atoms with E-state index in [-0.39, 0.29) is 0 Å². The van der Waals surface area contributed by atoms with Gasteiger partial charge in [0.25, 0.3) is 0 Å². The number of nitrogens with one attached hydrogen (secondary N) is 1. The highest BCUT2D eigenvalue weighted by molar-refractivity contribution is 5.98. The highest BCUT2D eigenvalue weighted by Crippen LogP contribution is 2.37. The molecule has 0 aliphatic carbocycles. The summed E-state index contributed by atoms with van der Waals surface area (Å²) in [6, 6.07) is 14.0. The second-order valence-electron chi connectivity index (χ2n) is 8.05. The Morgan fingerprint density at radius 1 is 0.853 bits per heavy atom. The van der Waals surface area contributed by atoms with E-state index in [4.69, 9.17) is 14.2 Å². The minimum Gasteiger partial charge on any atom is -0.494 e. The zero-order valence-electron chi connectivity index (χ0n) is 20.7. The summed E-state index contributed by atoms with van der Waals surface area (Å²) in [5.74, 6) is 3.15. The molecule has 0 saturated heterocycles. The number of methoxy groups -OCH3 is 1. The molecule has 2 aromatic heterocycles. The van der Waals surface area contributed by atoms with E-state index in [0.717, 1.165) is 62.2 Å². The molecule has 0 aliphatic rings. The first kappa shape index (κ1) is 23.4. The third-order valence-corrected chi connectivity index (χ3v) is 5.96. The number of benzene rings is 2. The van der Waals surface area contributed by atoms with Gasteiger partial charge in [0.05, 0.1) is 31.7 Å². The van der Waals surface area contributed by atoms with Crippen molar-refractivity contribution in [2.24, 2.45) is 0 Å². The second kappa shape index (κ2) is 10.0. The Kier molecular flexibility index (Phi) is 6.91. The molecule has 0 fully saturated rings. The molecule has 7 heteroatoms. The Balaban J connectivity index is 1.80. The summed E-state index contributed by atoms with van der Waals surface area (Å²) in [6.45, 7) is 12.0. The van der Waals surface area contributed by atoms with Crippen molar-refractivity contribution in [1.29, 1.82) is 0 Å². The lowest BCUT2D eigenvalue weighted by Crippen LogP contribution is -2.06. The van der Waals surface area contributed by atoms with Gasteiger partial charge >= 0.3 is 0 Å². The molecule has 0 atom stereocenters. The average molecular weight is 461 g/mol. The van der Waals surface area contributed by atoms with Gasteiger partial charge in [0.15, 0.2) is 5.82 Å². The first-order chi connectivity index (χ1) is 16.5. The maximum absolute atomic E-state index is 5.79. The third-order valence-electron chi connectivity index (χ3n) is 5.96. The average Bonchev–Trinajstić information content (AvgIpc) is 3.11. The van der Waals surface area contributed by atoms with Gasteiger partial charge < -0.3 is 24.1 Å². The molecule has 2 heterocycles. The molecule has 0 aliphatic heterocycles. The summed E-state index contributed by atoms with van der Waals surface area (Å²) in [5.41, 5.74) is 5.05. The Bertz CT molecular complexity index is 1310. The molecule has 0 saturated carbocycles. The highest BCUT2D eigenvalue weighted by atomic mass is 16.5. The van der Waals surface area contributed by atoms with Crippen LogP contribution >= 0.6 is 0 Å². The van der Waals surface area contributed by atoms with Crippen LogP contribution in [0, 0.1) is 20.8 Å². The molecule has 0 bridgehead atoms. The number of fused-ring (bicyclic) bond motifs is 1. The standard InChI is InChI=1S/C27H32N4O3/c1-7-33-21-13-14-22(24(15-21)32-6)31-18(4)25-17(3)29-30-27(26(25)19(31)5)28-16-20-11-9-10-12-23(20)34-8-2/h9-15H,7-8,16H2,1-6H3,(H,28,30). The van der Waals surface area contributed by atoms with Crippen molar-refractivity contribution in [3.05, 3.63) is 65.1 Å². The van der Waals surface area contributed by atoms with Gasteiger partial charge in [-0.2, -0.15) is 5.10 Å². The predicted molar refractivity (Wildman–Crippen MR) is 136 cm³/mol. The van der Waals surface area contributed by atoms with Gasteiger partial charge in [-0.05, 0) is 52.8 Å². The lowest BCUT2D eigenvalue weighted by atomic mass is 10.1. The molecule has 7 nitrogen and oxygen atoms in total. The van der Waals surface area contributed by atoms with Crippen LogP contribution in [-0.4, -0.2) is 35.1 Å². The fraction of sp³-hybridized carbons (Fsp3) is 0.333. The number of anilines is 1. The van der Waals surface area contributed by atoms with Gasteiger partial charge in [0.1, 0.15) is 17.2 Å². The molecule has 0 radical (unpaired) electrons. The molecular formula is C27H32N4O3. The fourth-order valence-electron chi connectivity index (χ4n) is 4.50. The van der Waals surface area contributed by atoms with Crippen molar-refractivity contribution in [2.75, 3.05) is 25.6 Å². The minimum atomic E-state index is 0.582. The Morgan fingerprint density at radius 2 is 1.59 bits per heavy atom. The van der Waals surface area contributed by atoms with Crippen molar-refractivity contribution in [3.63, 3.8) is 0 Å². The molecular weight excluding hydrogens is 428 g/mol. The Morgan fingerprint density at radius 3 is 2.32 bits per heavy atom. The fourth-order valence-corrected chi connectivity index (χ4v) is 4.50. The molecule has 0 spiro atoms. The van der Waals surface area contributed by atoms with Crippen LogP contribution in [0.3, 0.4) is 0 Å². The van der Waals surface area contributed by atoms with Crippen molar-refractivity contribution < 1.29 is 14.2 Å². The maximum Gasteiger partial charge on any atom is 0.158 e. The van der Waals surface area contributed by atoms with E-state index in [1.165, 1.54) is 0 Å². The largest absolute Gasteiger partial charge is 0.494 e. The van der Waals surface area contributed by atoms with Crippen LogP contribution < -0.4 is 19.5 Å². The van der Waals surface area contributed by atoms with Crippen molar-refractivity contribution in [3.8, 4) is 22.9 Å². The first-order valence-corrected chi connectivity index (χ1v) is 11.6. The van der Waals surface area contributed by atoms with Crippen LogP contribution in [0.25, 0.3) is 16.5 Å². The van der Waals surface area contributed by atoms with Crippen LogP contribution in [-0.2, 0) is 6.54 Å². The van der Waals surface area contributed by atoms with Crippen molar-refractivity contribution >= 4 is 16.6 Å². The third kappa shape index (κ3) is 4.25. The first-order valence-electron chi connectivity index (χ1n) is 11.6. The second-order valence-corrected chi connectivity index (χ2v) is 8.05. The van der Waals surface area contributed by atoms with Gasteiger partial charge in [0, 0.05) is 40.3 Å². The summed E-state index contributed by atoms with van der Waals surface area (Å²) in [4.78, 5) is 0. The van der Waals surface area contributed by atoms with Crippen LogP contribution in [0.4, 0.5) is 5.82 Å². The van der Waals surface area contributed by atoms with E-state index in [9.17, 15) is 0 Å². The Labute approximate surface area is 200 Å². The number of hydrogen-bond donors (Lipinski definition) is 1. The Hall–Kier alpha value is -3.74. The van der Waals surface area contributed by atoms with Gasteiger partial charge in [0.2, 0.25) is 0 Å². The van der Waals surface area contributed by atoms with E-state index >= 15 is 0 Å². The van der Waals surface area contributed by atoms with Gasteiger partial charge in [-0.3, -0.25) is 0 Å².